The zero-order valence-corrected chi connectivity index (χ0v) is 11.6. The largest absolute Gasteiger partial charge is 0.431 e. The van der Waals surface area contributed by atoms with E-state index in [0.29, 0.717) is 11.1 Å². The van der Waals surface area contributed by atoms with Crippen molar-refractivity contribution in [2.75, 3.05) is 0 Å². The highest BCUT2D eigenvalue weighted by Crippen LogP contribution is 2.24. The third-order valence-electron chi connectivity index (χ3n) is 2.79. The van der Waals surface area contributed by atoms with Crippen molar-refractivity contribution in [3.05, 3.63) is 48.0 Å². The Hall–Kier alpha value is -1.68. The van der Waals surface area contributed by atoms with Crippen LogP contribution >= 0.6 is 12.2 Å². The molecule has 0 saturated heterocycles. The lowest BCUT2D eigenvalue weighted by atomic mass is 10.0. The Morgan fingerprint density at radius 3 is 2.78 bits per heavy atom. The van der Waals surface area contributed by atoms with E-state index >= 15 is 0 Å². The molecular weight excluding hydrogens is 244 g/mol. The second-order valence-corrected chi connectivity index (χ2v) is 4.87. The number of hydrogen-bond acceptors (Lipinski definition) is 3. The van der Waals surface area contributed by atoms with Gasteiger partial charge in [-0.3, -0.25) is 4.57 Å². The van der Waals surface area contributed by atoms with Crippen molar-refractivity contribution < 1.29 is 4.74 Å². The highest BCUT2D eigenvalue weighted by Gasteiger charge is 2.08. The summed E-state index contributed by atoms with van der Waals surface area (Å²) < 4.78 is 7.41. The van der Waals surface area contributed by atoms with E-state index in [-0.39, 0.29) is 0 Å². The van der Waals surface area contributed by atoms with Crippen LogP contribution in [0.25, 0.3) is 0 Å². The lowest BCUT2D eigenvalue weighted by molar-refractivity contribution is 0.534. The Morgan fingerprint density at radius 2 is 2.17 bits per heavy atom. The number of thiocarbonyl (C=S) groups is 1. The van der Waals surface area contributed by atoms with Crippen LogP contribution in [0.5, 0.6) is 5.75 Å². The molecule has 1 heterocycles. The van der Waals surface area contributed by atoms with E-state index in [9.17, 15) is 0 Å². The van der Waals surface area contributed by atoms with Gasteiger partial charge in [-0.25, -0.2) is 4.98 Å². The molecule has 0 fully saturated rings. The molecule has 94 valence electrons. The number of ether oxygens (including phenoxy) is 1. The van der Waals surface area contributed by atoms with Crippen molar-refractivity contribution in [2.24, 2.45) is 0 Å². The van der Waals surface area contributed by atoms with Gasteiger partial charge in [-0.15, -0.1) is 0 Å². The summed E-state index contributed by atoms with van der Waals surface area (Å²) in [6.07, 6.45) is 5.07. The molecule has 0 atom stereocenters. The quantitative estimate of drug-likeness (QED) is 0.773. The molecule has 3 nitrogen and oxygen atoms in total. The standard InChI is InChI=1S/C14H16N2OS/c1-10(2)12-5-4-11(3)13(8-12)17-14(18)16-7-6-15-9-16/h4-10H,1-3H3. The summed E-state index contributed by atoms with van der Waals surface area (Å²) in [6.45, 7) is 6.32. The van der Waals surface area contributed by atoms with Crippen LogP contribution in [-0.4, -0.2) is 14.7 Å². The van der Waals surface area contributed by atoms with Crippen LogP contribution in [-0.2, 0) is 0 Å². The van der Waals surface area contributed by atoms with Crippen molar-refractivity contribution in [3.8, 4) is 5.75 Å². The SMILES string of the molecule is Cc1ccc(C(C)C)cc1OC(=S)n1ccnc1. The molecule has 0 radical (unpaired) electrons. The molecule has 0 unspecified atom stereocenters. The van der Waals surface area contributed by atoms with Crippen LogP contribution in [0.3, 0.4) is 0 Å². The van der Waals surface area contributed by atoms with Gasteiger partial charge in [0.25, 0.3) is 5.17 Å². The second-order valence-electron chi connectivity index (χ2n) is 4.52. The molecule has 0 aliphatic rings. The van der Waals surface area contributed by atoms with Crippen molar-refractivity contribution in [2.45, 2.75) is 26.7 Å². The molecule has 4 heteroatoms. The predicted octanol–water partition coefficient (Wildman–Crippen LogP) is 3.53. The first-order valence-corrected chi connectivity index (χ1v) is 6.29. The summed E-state index contributed by atoms with van der Waals surface area (Å²) in [6, 6.07) is 6.22. The summed E-state index contributed by atoms with van der Waals surface area (Å²) in [5, 5.41) is 0.386. The molecule has 1 aromatic heterocycles. The van der Waals surface area contributed by atoms with E-state index in [2.05, 4.69) is 31.0 Å². The number of aryl methyl sites for hydroxylation is 1. The molecule has 0 saturated carbocycles. The number of hydrogen-bond donors (Lipinski definition) is 0. The van der Waals surface area contributed by atoms with Gasteiger partial charge in [-0.05, 0) is 42.3 Å². The lowest BCUT2D eigenvalue weighted by Crippen LogP contribution is -2.15. The summed E-state index contributed by atoms with van der Waals surface area (Å²) in [4.78, 5) is 3.95. The number of aromatic nitrogens is 2. The lowest BCUT2D eigenvalue weighted by Gasteiger charge is -2.13. The fourth-order valence-corrected chi connectivity index (χ4v) is 1.80. The minimum atomic E-state index is 0.386. The molecular formula is C14H16N2OS. The fourth-order valence-electron chi connectivity index (χ4n) is 1.60. The van der Waals surface area contributed by atoms with Gasteiger partial charge in [0.05, 0.1) is 0 Å². The number of rotatable bonds is 2. The molecule has 0 aliphatic carbocycles. The molecule has 2 aromatic rings. The molecule has 2 rings (SSSR count). The van der Waals surface area contributed by atoms with E-state index in [1.165, 1.54) is 5.56 Å². The fraction of sp³-hybridized carbons (Fsp3) is 0.286. The van der Waals surface area contributed by atoms with Gasteiger partial charge in [-0.2, -0.15) is 0 Å². The minimum Gasteiger partial charge on any atom is -0.431 e. The number of benzene rings is 1. The summed E-state index contributed by atoms with van der Waals surface area (Å²) >= 11 is 5.23. The normalized spacial score (nSPS) is 10.7. The zero-order valence-electron chi connectivity index (χ0n) is 10.8. The van der Waals surface area contributed by atoms with E-state index in [0.717, 1.165) is 11.3 Å². The number of imidazole rings is 1. The van der Waals surface area contributed by atoms with Crippen molar-refractivity contribution in [1.82, 2.24) is 9.55 Å². The molecule has 1 aromatic carbocycles. The third kappa shape index (κ3) is 2.76. The predicted molar refractivity (Wildman–Crippen MR) is 76.1 cm³/mol. The Balaban J connectivity index is 2.23. The minimum absolute atomic E-state index is 0.386. The van der Waals surface area contributed by atoms with Gasteiger partial charge in [0.1, 0.15) is 12.1 Å². The zero-order chi connectivity index (χ0) is 13.1. The van der Waals surface area contributed by atoms with Gasteiger partial charge < -0.3 is 4.74 Å². The van der Waals surface area contributed by atoms with Crippen LogP contribution in [0, 0.1) is 6.92 Å². The monoisotopic (exact) mass is 260 g/mol. The first-order chi connectivity index (χ1) is 8.58. The maximum absolute atomic E-state index is 5.73. The summed E-state index contributed by atoms with van der Waals surface area (Å²) in [5.41, 5.74) is 2.31. The van der Waals surface area contributed by atoms with Crippen LogP contribution in [0.1, 0.15) is 30.9 Å². The molecule has 0 aliphatic heterocycles. The van der Waals surface area contributed by atoms with Gasteiger partial charge in [0.15, 0.2) is 0 Å². The molecule has 0 amide bonds. The molecule has 0 bridgehead atoms. The average Bonchev–Trinajstić information content (AvgIpc) is 2.85. The third-order valence-corrected chi connectivity index (χ3v) is 3.09. The van der Waals surface area contributed by atoms with Crippen LogP contribution in [0.15, 0.2) is 36.9 Å². The van der Waals surface area contributed by atoms with E-state index < -0.39 is 0 Å². The molecule has 0 N–H and O–H groups in total. The maximum Gasteiger partial charge on any atom is 0.274 e. The first-order valence-electron chi connectivity index (χ1n) is 5.88. The van der Waals surface area contributed by atoms with E-state index in [1.54, 1.807) is 23.3 Å². The molecule has 18 heavy (non-hydrogen) atoms. The summed E-state index contributed by atoms with van der Waals surface area (Å²) in [7, 11) is 0. The Labute approximate surface area is 112 Å². The van der Waals surface area contributed by atoms with Gasteiger partial charge in [0, 0.05) is 12.4 Å². The van der Waals surface area contributed by atoms with E-state index in [4.69, 9.17) is 17.0 Å². The van der Waals surface area contributed by atoms with Gasteiger partial charge in [0.2, 0.25) is 0 Å². The average molecular weight is 260 g/mol. The van der Waals surface area contributed by atoms with Crippen LogP contribution in [0.2, 0.25) is 0 Å². The van der Waals surface area contributed by atoms with Gasteiger partial charge >= 0.3 is 0 Å². The second kappa shape index (κ2) is 5.31. The van der Waals surface area contributed by atoms with Crippen LogP contribution in [0.4, 0.5) is 0 Å². The van der Waals surface area contributed by atoms with Crippen LogP contribution < -0.4 is 4.74 Å². The van der Waals surface area contributed by atoms with Crippen molar-refractivity contribution in [1.29, 1.82) is 0 Å². The number of nitrogens with zero attached hydrogens (tertiary/aromatic N) is 2. The maximum atomic E-state index is 5.73. The van der Waals surface area contributed by atoms with E-state index in [1.807, 2.05) is 13.0 Å². The van der Waals surface area contributed by atoms with Crippen molar-refractivity contribution >= 4 is 17.4 Å². The van der Waals surface area contributed by atoms with Crippen molar-refractivity contribution in [3.63, 3.8) is 0 Å². The Bertz CT molecular complexity index is 547. The summed E-state index contributed by atoms with van der Waals surface area (Å²) in [5.74, 6) is 1.27. The highest BCUT2D eigenvalue weighted by molar-refractivity contribution is 7.80. The highest BCUT2D eigenvalue weighted by atomic mass is 32.1. The van der Waals surface area contributed by atoms with Gasteiger partial charge in [-0.1, -0.05) is 26.0 Å². The smallest absolute Gasteiger partial charge is 0.274 e. The topological polar surface area (TPSA) is 27.1 Å². The first kappa shape index (κ1) is 12.8. The molecule has 0 spiro atoms. The Kier molecular flexibility index (Phi) is 3.77. The Morgan fingerprint density at radius 1 is 1.39 bits per heavy atom.